The first-order valence-corrected chi connectivity index (χ1v) is 6.58. The molecule has 3 aromatic rings. The largest absolute Gasteiger partial charge is 0.478 e. The summed E-state index contributed by atoms with van der Waals surface area (Å²) in [7, 11) is 0. The molecule has 0 fully saturated rings. The van der Waals surface area contributed by atoms with Crippen LogP contribution >= 0.6 is 0 Å². The maximum Gasteiger partial charge on any atom is 0.335 e. The van der Waals surface area contributed by atoms with Crippen LogP contribution in [0.15, 0.2) is 60.8 Å². The van der Waals surface area contributed by atoms with Crippen molar-refractivity contribution in [2.45, 2.75) is 0 Å². The van der Waals surface area contributed by atoms with Gasteiger partial charge in [-0.05, 0) is 24.3 Å². The number of nitrogens with zero attached hydrogens (tertiary/aromatic N) is 3. The number of carbonyl (C=O) groups is 1. The predicted octanol–water partition coefficient (Wildman–Crippen LogP) is 3.11. The van der Waals surface area contributed by atoms with Crippen molar-refractivity contribution >= 4 is 5.97 Å². The number of aromatic nitrogens is 2. The van der Waals surface area contributed by atoms with Gasteiger partial charge in [0.1, 0.15) is 11.8 Å². The number of hydrogen-bond donors (Lipinski definition) is 1. The van der Waals surface area contributed by atoms with Gasteiger partial charge in [0.2, 0.25) is 0 Å². The number of rotatable bonds is 3. The molecule has 0 aliphatic heterocycles. The first kappa shape index (κ1) is 13.6. The van der Waals surface area contributed by atoms with Gasteiger partial charge in [0.25, 0.3) is 0 Å². The minimum Gasteiger partial charge on any atom is -0.478 e. The van der Waals surface area contributed by atoms with Crippen molar-refractivity contribution in [1.82, 2.24) is 9.78 Å². The molecular weight excluding hydrogens is 278 g/mol. The van der Waals surface area contributed by atoms with Crippen LogP contribution in [0.5, 0.6) is 0 Å². The van der Waals surface area contributed by atoms with E-state index in [1.807, 2.05) is 30.3 Å². The summed E-state index contributed by atoms with van der Waals surface area (Å²) in [5, 5.41) is 22.6. The number of carboxylic acids is 1. The highest BCUT2D eigenvalue weighted by molar-refractivity contribution is 5.87. The van der Waals surface area contributed by atoms with Crippen molar-refractivity contribution in [2.75, 3.05) is 0 Å². The van der Waals surface area contributed by atoms with Crippen LogP contribution in [-0.2, 0) is 0 Å². The monoisotopic (exact) mass is 289 g/mol. The fraction of sp³-hybridized carbons (Fsp3) is 0. The van der Waals surface area contributed by atoms with Crippen molar-refractivity contribution in [3.8, 4) is 23.0 Å². The van der Waals surface area contributed by atoms with Crippen LogP contribution in [0.3, 0.4) is 0 Å². The second-order valence-electron chi connectivity index (χ2n) is 4.67. The fourth-order valence-electron chi connectivity index (χ4n) is 2.15. The van der Waals surface area contributed by atoms with Gasteiger partial charge in [0.05, 0.1) is 16.8 Å². The average Bonchev–Trinajstić information content (AvgIpc) is 3.00. The van der Waals surface area contributed by atoms with E-state index in [2.05, 4.69) is 11.2 Å². The number of aromatic carboxylic acids is 1. The Hall–Kier alpha value is -3.39. The highest BCUT2D eigenvalue weighted by atomic mass is 16.4. The smallest absolute Gasteiger partial charge is 0.335 e. The minimum atomic E-state index is -0.977. The third kappa shape index (κ3) is 2.45. The van der Waals surface area contributed by atoms with E-state index >= 15 is 0 Å². The number of hydrogen-bond acceptors (Lipinski definition) is 3. The van der Waals surface area contributed by atoms with E-state index in [1.165, 1.54) is 12.1 Å². The van der Waals surface area contributed by atoms with Gasteiger partial charge in [-0.1, -0.05) is 30.3 Å². The van der Waals surface area contributed by atoms with E-state index in [4.69, 9.17) is 5.11 Å². The van der Waals surface area contributed by atoms with E-state index in [0.29, 0.717) is 16.9 Å². The van der Waals surface area contributed by atoms with Crippen LogP contribution < -0.4 is 0 Å². The lowest BCUT2D eigenvalue weighted by molar-refractivity contribution is 0.0697. The van der Waals surface area contributed by atoms with Gasteiger partial charge in [0.15, 0.2) is 0 Å². The summed E-state index contributed by atoms with van der Waals surface area (Å²) in [5.74, 6) is -0.977. The standard InChI is InChI=1S/C17H11N3O2/c18-10-14-11-20(15-8-6-13(7-9-15)17(21)22)19-16(14)12-4-2-1-3-5-12/h1-9,11H,(H,21,22). The number of carboxylic acid groups (broad SMARTS) is 1. The van der Waals surface area contributed by atoms with Crippen LogP contribution in [0.1, 0.15) is 15.9 Å². The molecule has 0 saturated carbocycles. The van der Waals surface area contributed by atoms with Crippen LogP contribution in [0.2, 0.25) is 0 Å². The lowest BCUT2D eigenvalue weighted by Gasteiger charge is -2.01. The summed E-state index contributed by atoms with van der Waals surface area (Å²) < 4.78 is 1.58. The van der Waals surface area contributed by atoms with Gasteiger partial charge in [-0.25, -0.2) is 9.48 Å². The lowest BCUT2D eigenvalue weighted by Crippen LogP contribution is -1.98. The van der Waals surface area contributed by atoms with Gasteiger partial charge in [-0.15, -0.1) is 0 Å². The van der Waals surface area contributed by atoms with Crippen LogP contribution in [0.25, 0.3) is 16.9 Å². The van der Waals surface area contributed by atoms with Gasteiger partial charge < -0.3 is 5.11 Å². The molecule has 5 nitrogen and oxygen atoms in total. The first-order chi connectivity index (χ1) is 10.7. The molecule has 3 rings (SSSR count). The Morgan fingerprint density at radius 1 is 1.09 bits per heavy atom. The molecule has 5 heteroatoms. The molecule has 0 saturated heterocycles. The Kier molecular flexibility index (Phi) is 3.42. The summed E-state index contributed by atoms with van der Waals surface area (Å²) in [6.45, 7) is 0. The molecule has 0 atom stereocenters. The van der Waals surface area contributed by atoms with Crippen molar-refractivity contribution in [3.05, 3.63) is 71.9 Å². The van der Waals surface area contributed by atoms with Crippen LogP contribution in [0.4, 0.5) is 0 Å². The van der Waals surface area contributed by atoms with E-state index < -0.39 is 5.97 Å². The van der Waals surface area contributed by atoms with E-state index in [-0.39, 0.29) is 5.56 Å². The molecule has 1 heterocycles. The zero-order valence-corrected chi connectivity index (χ0v) is 11.5. The van der Waals surface area contributed by atoms with Gasteiger partial charge in [-0.3, -0.25) is 0 Å². The second kappa shape index (κ2) is 5.54. The quantitative estimate of drug-likeness (QED) is 0.803. The maximum atomic E-state index is 10.9. The summed E-state index contributed by atoms with van der Waals surface area (Å²) in [5.41, 5.74) is 2.84. The normalized spacial score (nSPS) is 10.1. The van der Waals surface area contributed by atoms with Crippen molar-refractivity contribution in [3.63, 3.8) is 0 Å². The summed E-state index contributed by atoms with van der Waals surface area (Å²) in [6, 6.07) is 17.9. The van der Waals surface area contributed by atoms with E-state index in [1.54, 1.807) is 23.0 Å². The Labute approximate surface area is 126 Å². The average molecular weight is 289 g/mol. The Morgan fingerprint density at radius 2 is 1.77 bits per heavy atom. The molecule has 0 radical (unpaired) electrons. The molecule has 106 valence electrons. The third-order valence-electron chi connectivity index (χ3n) is 3.26. The molecule has 0 bridgehead atoms. The van der Waals surface area contributed by atoms with Gasteiger partial charge >= 0.3 is 5.97 Å². The van der Waals surface area contributed by atoms with Gasteiger partial charge in [0, 0.05) is 11.8 Å². The van der Waals surface area contributed by atoms with Gasteiger partial charge in [-0.2, -0.15) is 10.4 Å². The Bertz CT molecular complexity index is 859. The molecule has 22 heavy (non-hydrogen) atoms. The Morgan fingerprint density at radius 3 is 2.36 bits per heavy atom. The SMILES string of the molecule is N#Cc1cn(-c2ccc(C(=O)O)cc2)nc1-c1ccccc1. The molecule has 0 unspecified atom stereocenters. The summed E-state index contributed by atoms with van der Waals surface area (Å²) >= 11 is 0. The highest BCUT2D eigenvalue weighted by Crippen LogP contribution is 2.23. The molecule has 0 aliphatic rings. The third-order valence-corrected chi connectivity index (χ3v) is 3.26. The molecule has 2 aromatic carbocycles. The molecule has 0 spiro atoms. The number of benzene rings is 2. The zero-order chi connectivity index (χ0) is 15.5. The highest BCUT2D eigenvalue weighted by Gasteiger charge is 2.12. The molecule has 1 N–H and O–H groups in total. The first-order valence-electron chi connectivity index (χ1n) is 6.58. The van der Waals surface area contributed by atoms with Crippen molar-refractivity contribution < 1.29 is 9.90 Å². The van der Waals surface area contributed by atoms with Crippen LogP contribution in [-0.4, -0.2) is 20.9 Å². The second-order valence-corrected chi connectivity index (χ2v) is 4.67. The molecule has 0 aliphatic carbocycles. The van der Waals surface area contributed by atoms with E-state index in [9.17, 15) is 10.1 Å². The predicted molar refractivity (Wildman–Crippen MR) is 80.7 cm³/mol. The van der Waals surface area contributed by atoms with Crippen molar-refractivity contribution in [2.24, 2.45) is 0 Å². The zero-order valence-electron chi connectivity index (χ0n) is 11.5. The molecular formula is C17H11N3O2. The topological polar surface area (TPSA) is 78.9 Å². The minimum absolute atomic E-state index is 0.208. The summed E-state index contributed by atoms with van der Waals surface area (Å²) in [6.07, 6.45) is 1.64. The fourth-order valence-corrected chi connectivity index (χ4v) is 2.15. The molecule has 0 amide bonds. The lowest BCUT2D eigenvalue weighted by atomic mass is 10.1. The Balaban J connectivity index is 2.04. The number of nitriles is 1. The van der Waals surface area contributed by atoms with E-state index in [0.717, 1.165) is 5.56 Å². The molecule has 1 aromatic heterocycles. The van der Waals surface area contributed by atoms with Crippen LogP contribution in [0, 0.1) is 11.3 Å². The maximum absolute atomic E-state index is 10.9. The summed E-state index contributed by atoms with van der Waals surface area (Å²) in [4.78, 5) is 10.9. The van der Waals surface area contributed by atoms with Crippen molar-refractivity contribution in [1.29, 1.82) is 5.26 Å².